The Morgan fingerprint density at radius 1 is 1.52 bits per heavy atom. The minimum absolute atomic E-state index is 0.147. The van der Waals surface area contributed by atoms with Gasteiger partial charge in [0, 0.05) is 17.6 Å². The lowest BCUT2D eigenvalue weighted by atomic mass is 10.2. The molecule has 7 heteroatoms. The van der Waals surface area contributed by atoms with E-state index in [-0.39, 0.29) is 11.9 Å². The molecule has 1 saturated heterocycles. The van der Waals surface area contributed by atoms with E-state index in [0.29, 0.717) is 41.2 Å². The van der Waals surface area contributed by atoms with E-state index in [2.05, 4.69) is 17.1 Å². The molecule has 3 N–H and O–H groups in total. The zero-order valence-electron chi connectivity index (χ0n) is 11.9. The molecule has 1 fully saturated rings. The molecule has 116 valence electrons. The molecule has 1 amide bonds. The number of nitrogen functional groups attached to an aromatic ring is 1. The van der Waals surface area contributed by atoms with Crippen molar-refractivity contribution >= 4 is 40.5 Å². The molecular formula is C14H19Cl2N3O2. The second-order valence-corrected chi connectivity index (χ2v) is 5.85. The maximum Gasteiger partial charge on any atom is 0.238 e. The summed E-state index contributed by atoms with van der Waals surface area (Å²) in [7, 11) is 0. The zero-order valence-corrected chi connectivity index (χ0v) is 13.4. The first kappa shape index (κ1) is 16.4. The second kappa shape index (κ2) is 7.31. The Labute approximate surface area is 134 Å². The van der Waals surface area contributed by atoms with Crippen LogP contribution in [0.5, 0.6) is 0 Å². The van der Waals surface area contributed by atoms with Crippen LogP contribution in [0.25, 0.3) is 0 Å². The lowest BCUT2D eigenvalue weighted by molar-refractivity contribution is -0.119. The largest absolute Gasteiger partial charge is 0.397 e. The molecule has 0 aliphatic carbocycles. The molecule has 1 aliphatic rings. The van der Waals surface area contributed by atoms with Crippen molar-refractivity contribution in [3.8, 4) is 0 Å². The fraction of sp³-hybridized carbons (Fsp3) is 0.500. The van der Waals surface area contributed by atoms with Crippen LogP contribution in [0, 0.1) is 0 Å². The highest BCUT2D eigenvalue weighted by Crippen LogP contribution is 2.32. The van der Waals surface area contributed by atoms with Crippen LogP contribution in [-0.2, 0) is 9.53 Å². The van der Waals surface area contributed by atoms with E-state index >= 15 is 0 Å². The van der Waals surface area contributed by atoms with Gasteiger partial charge in [-0.2, -0.15) is 0 Å². The van der Waals surface area contributed by atoms with Crippen molar-refractivity contribution in [1.29, 1.82) is 0 Å². The third-order valence-corrected chi connectivity index (χ3v) is 4.03. The van der Waals surface area contributed by atoms with Crippen molar-refractivity contribution in [2.45, 2.75) is 19.4 Å². The number of hydrogen-bond donors (Lipinski definition) is 2. The van der Waals surface area contributed by atoms with Crippen LogP contribution in [-0.4, -0.2) is 43.2 Å². The number of rotatable bonds is 4. The highest BCUT2D eigenvalue weighted by molar-refractivity contribution is 6.37. The second-order valence-electron chi connectivity index (χ2n) is 5.01. The van der Waals surface area contributed by atoms with Crippen molar-refractivity contribution in [2.24, 2.45) is 0 Å². The Bertz CT molecular complexity index is 502. The average molecular weight is 332 g/mol. The van der Waals surface area contributed by atoms with Crippen LogP contribution in [0.1, 0.15) is 13.3 Å². The van der Waals surface area contributed by atoms with E-state index in [4.69, 9.17) is 33.7 Å². The summed E-state index contributed by atoms with van der Waals surface area (Å²) in [5.74, 6) is -0.147. The molecule has 0 bridgehead atoms. The Hall–Kier alpha value is -1.01. The number of nitrogens with two attached hydrogens (primary N) is 1. The fourth-order valence-corrected chi connectivity index (χ4v) is 2.92. The van der Waals surface area contributed by atoms with Gasteiger partial charge in [-0.05, 0) is 18.6 Å². The summed E-state index contributed by atoms with van der Waals surface area (Å²) in [4.78, 5) is 14.3. The number of carbonyl (C=O) groups is 1. The first-order valence-electron chi connectivity index (χ1n) is 6.87. The van der Waals surface area contributed by atoms with Crippen molar-refractivity contribution in [2.75, 3.05) is 37.4 Å². The number of benzene rings is 1. The fourth-order valence-electron chi connectivity index (χ4n) is 2.36. The minimum Gasteiger partial charge on any atom is -0.397 e. The van der Waals surface area contributed by atoms with Crippen molar-refractivity contribution in [3.05, 3.63) is 22.2 Å². The first-order valence-corrected chi connectivity index (χ1v) is 7.63. The lowest BCUT2D eigenvalue weighted by Gasteiger charge is -2.34. The summed E-state index contributed by atoms with van der Waals surface area (Å²) in [6.45, 7) is 4.43. The summed E-state index contributed by atoms with van der Waals surface area (Å²) in [5, 5.41) is 3.54. The van der Waals surface area contributed by atoms with Gasteiger partial charge in [0.2, 0.25) is 5.91 Å². The van der Waals surface area contributed by atoms with E-state index < -0.39 is 0 Å². The smallest absolute Gasteiger partial charge is 0.238 e. The maximum atomic E-state index is 12.2. The van der Waals surface area contributed by atoms with E-state index in [1.165, 1.54) is 0 Å². The molecule has 1 unspecified atom stereocenters. The van der Waals surface area contributed by atoms with Crippen LogP contribution in [0.4, 0.5) is 11.4 Å². The molecule has 1 heterocycles. The summed E-state index contributed by atoms with van der Waals surface area (Å²) >= 11 is 11.9. The maximum absolute atomic E-state index is 12.2. The molecule has 21 heavy (non-hydrogen) atoms. The molecule has 0 radical (unpaired) electrons. The normalized spacial score (nSPS) is 19.5. The van der Waals surface area contributed by atoms with Gasteiger partial charge < -0.3 is 15.8 Å². The molecule has 0 saturated carbocycles. The summed E-state index contributed by atoms with van der Waals surface area (Å²) in [6.07, 6.45) is 0.942. The van der Waals surface area contributed by atoms with Crippen LogP contribution in [0.15, 0.2) is 12.1 Å². The molecule has 1 aromatic carbocycles. The average Bonchev–Trinajstić information content (AvgIpc) is 2.43. The predicted molar refractivity (Wildman–Crippen MR) is 86.0 cm³/mol. The summed E-state index contributed by atoms with van der Waals surface area (Å²) < 4.78 is 5.43. The van der Waals surface area contributed by atoms with E-state index in [1.54, 1.807) is 12.1 Å². The summed E-state index contributed by atoms with van der Waals surface area (Å²) in [6, 6.07) is 3.38. The number of hydrogen-bond acceptors (Lipinski definition) is 4. The predicted octanol–water partition coefficient (Wildman–Crippen LogP) is 2.62. The van der Waals surface area contributed by atoms with Crippen LogP contribution in [0.2, 0.25) is 10.0 Å². The van der Waals surface area contributed by atoms with Crippen molar-refractivity contribution in [1.82, 2.24) is 4.90 Å². The van der Waals surface area contributed by atoms with Gasteiger partial charge in [0.15, 0.2) is 0 Å². The summed E-state index contributed by atoms with van der Waals surface area (Å²) in [5.41, 5.74) is 6.61. The minimum atomic E-state index is -0.147. The highest BCUT2D eigenvalue weighted by Gasteiger charge is 2.23. The number of anilines is 2. The molecular weight excluding hydrogens is 313 g/mol. The van der Waals surface area contributed by atoms with Gasteiger partial charge in [0.25, 0.3) is 0 Å². The molecule has 1 aliphatic heterocycles. The van der Waals surface area contributed by atoms with Gasteiger partial charge in [-0.3, -0.25) is 9.69 Å². The van der Waals surface area contributed by atoms with Gasteiger partial charge >= 0.3 is 0 Å². The highest BCUT2D eigenvalue weighted by atomic mass is 35.5. The van der Waals surface area contributed by atoms with Gasteiger partial charge in [0.05, 0.1) is 36.2 Å². The first-order chi connectivity index (χ1) is 10.0. The SMILES string of the molecule is CCC1COCCN1CC(=O)Nc1c(N)cc(Cl)cc1Cl. The third-order valence-electron chi connectivity index (χ3n) is 3.52. The van der Waals surface area contributed by atoms with Gasteiger partial charge in [-0.1, -0.05) is 30.1 Å². The standard InChI is InChI=1S/C14H19Cl2N3O2/c1-2-10-8-21-4-3-19(10)7-13(20)18-14-11(16)5-9(15)6-12(14)17/h5-6,10H,2-4,7-8,17H2,1H3,(H,18,20). The number of ether oxygens (including phenoxy) is 1. The van der Waals surface area contributed by atoms with Crippen molar-refractivity contribution < 1.29 is 9.53 Å². The molecule has 0 aromatic heterocycles. The molecule has 1 atom stereocenters. The van der Waals surface area contributed by atoms with Gasteiger partial charge in [-0.15, -0.1) is 0 Å². The van der Waals surface area contributed by atoms with E-state index in [1.807, 2.05) is 0 Å². The van der Waals surface area contributed by atoms with Crippen LogP contribution < -0.4 is 11.1 Å². The zero-order chi connectivity index (χ0) is 15.4. The lowest BCUT2D eigenvalue weighted by Crippen LogP contribution is -2.48. The number of nitrogens with one attached hydrogen (secondary N) is 1. The third kappa shape index (κ3) is 4.23. The Balaban J connectivity index is 2.01. The van der Waals surface area contributed by atoms with Gasteiger partial charge in [0.1, 0.15) is 0 Å². The number of halogens is 2. The van der Waals surface area contributed by atoms with E-state index in [0.717, 1.165) is 13.0 Å². The van der Waals surface area contributed by atoms with Crippen molar-refractivity contribution in [3.63, 3.8) is 0 Å². The number of amides is 1. The number of morpholine rings is 1. The van der Waals surface area contributed by atoms with E-state index in [9.17, 15) is 4.79 Å². The van der Waals surface area contributed by atoms with Crippen LogP contribution >= 0.6 is 23.2 Å². The Kier molecular flexibility index (Phi) is 5.70. The Morgan fingerprint density at radius 3 is 2.95 bits per heavy atom. The number of nitrogens with zero attached hydrogens (tertiary/aromatic N) is 1. The van der Waals surface area contributed by atoms with Gasteiger partial charge in [-0.25, -0.2) is 0 Å². The quantitative estimate of drug-likeness (QED) is 0.832. The monoisotopic (exact) mass is 331 g/mol. The molecule has 1 aromatic rings. The van der Waals surface area contributed by atoms with Crippen LogP contribution in [0.3, 0.4) is 0 Å². The number of carbonyl (C=O) groups excluding carboxylic acids is 1. The molecule has 0 spiro atoms. The Morgan fingerprint density at radius 2 is 2.29 bits per heavy atom. The molecule has 2 rings (SSSR count). The molecule has 5 nitrogen and oxygen atoms in total. The topological polar surface area (TPSA) is 67.6 Å².